The lowest BCUT2D eigenvalue weighted by Gasteiger charge is -2.17. The van der Waals surface area contributed by atoms with E-state index in [-0.39, 0.29) is 23.7 Å². The van der Waals surface area contributed by atoms with Gasteiger partial charge in [0.15, 0.2) is 0 Å². The highest BCUT2D eigenvalue weighted by molar-refractivity contribution is 5.89. The lowest BCUT2D eigenvalue weighted by molar-refractivity contribution is -0.120. The van der Waals surface area contributed by atoms with Crippen molar-refractivity contribution in [2.75, 3.05) is 0 Å². The van der Waals surface area contributed by atoms with Gasteiger partial charge in [0.05, 0.1) is 11.8 Å². The van der Waals surface area contributed by atoms with E-state index in [2.05, 4.69) is 50.2 Å². The minimum Gasteiger partial charge on any atom is -0.369 e. The SMILES string of the molecule is CCCCCCCCCCCCCCCCC(C(N)=O)c1ccc2cc(C(CCCCCCCCCCCCCCCC)C(N)=O)ccc2c1. The summed E-state index contributed by atoms with van der Waals surface area (Å²) in [6.45, 7) is 4.56. The van der Waals surface area contributed by atoms with Crippen molar-refractivity contribution >= 4 is 22.6 Å². The van der Waals surface area contributed by atoms with Crippen LogP contribution in [0.5, 0.6) is 0 Å². The Kier molecular flexibility index (Phi) is 25.6. The third-order valence-corrected chi connectivity index (χ3v) is 11.1. The lowest BCUT2D eigenvalue weighted by Crippen LogP contribution is -2.22. The molecule has 284 valence electrons. The van der Waals surface area contributed by atoms with Crippen LogP contribution >= 0.6 is 0 Å². The van der Waals surface area contributed by atoms with Gasteiger partial charge in [-0.15, -0.1) is 0 Å². The van der Waals surface area contributed by atoms with E-state index >= 15 is 0 Å². The molecule has 4 nitrogen and oxygen atoms in total. The number of fused-ring (bicyclic) bond motifs is 1. The maximum absolute atomic E-state index is 12.5. The lowest BCUT2D eigenvalue weighted by atomic mass is 9.88. The Morgan fingerprint density at radius 2 is 0.640 bits per heavy atom. The summed E-state index contributed by atoms with van der Waals surface area (Å²) in [5.41, 5.74) is 13.8. The number of rotatable bonds is 34. The predicted octanol–water partition coefficient (Wildman–Crippen LogP) is 13.7. The van der Waals surface area contributed by atoms with E-state index in [4.69, 9.17) is 11.5 Å². The van der Waals surface area contributed by atoms with Gasteiger partial charge in [-0.1, -0.05) is 230 Å². The number of hydrogen-bond acceptors (Lipinski definition) is 2. The molecule has 0 fully saturated rings. The van der Waals surface area contributed by atoms with Crippen LogP contribution in [0.2, 0.25) is 0 Å². The van der Waals surface area contributed by atoms with Crippen LogP contribution in [-0.4, -0.2) is 11.8 Å². The second-order valence-electron chi connectivity index (χ2n) is 15.5. The number of unbranched alkanes of at least 4 members (excludes halogenated alkanes) is 26. The number of primary amides is 2. The average molecular weight is 691 g/mol. The molecule has 2 amide bonds. The number of nitrogens with two attached hydrogens (primary N) is 2. The van der Waals surface area contributed by atoms with Crippen LogP contribution in [0.15, 0.2) is 36.4 Å². The minimum absolute atomic E-state index is 0.238. The first-order chi connectivity index (χ1) is 24.5. The van der Waals surface area contributed by atoms with Crippen molar-refractivity contribution in [1.82, 2.24) is 0 Å². The third-order valence-electron chi connectivity index (χ3n) is 11.1. The van der Waals surface area contributed by atoms with Gasteiger partial charge in [-0.05, 0) is 34.7 Å². The summed E-state index contributed by atoms with van der Waals surface area (Å²) >= 11 is 0. The summed E-state index contributed by atoms with van der Waals surface area (Å²) in [6.07, 6.45) is 38.7. The fraction of sp³-hybridized carbons (Fsp3) is 0.739. The zero-order valence-electron chi connectivity index (χ0n) is 32.8. The molecule has 0 bridgehead atoms. The van der Waals surface area contributed by atoms with Gasteiger partial charge in [-0.3, -0.25) is 9.59 Å². The second-order valence-corrected chi connectivity index (χ2v) is 15.5. The normalized spacial score (nSPS) is 12.8. The van der Waals surface area contributed by atoms with Gasteiger partial charge < -0.3 is 11.5 Å². The highest BCUT2D eigenvalue weighted by Crippen LogP contribution is 2.30. The van der Waals surface area contributed by atoms with Crippen LogP contribution < -0.4 is 11.5 Å². The Labute approximate surface area is 308 Å². The third kappa shape index (κ3) is 19.9. The van der Waals surface area contributed by atoms with Crippen molar-refractivity contribution < 1.29 is 9.59 Å². The van der Waals surface area contributed by atoms with Crippen LogP contribution in [0.1, 0.15) is 229 Å². The van der Waals surface area contributed by atoms with E-state index in [1.165, 1.54) is 154 Å². The number of carbonyl (C=O) groups excluding carboxylic acids is 2. The van der Waals surface area contributed by atoms with E-state index in [1.807, 2.05) is 0 Å². The van der Waals surface area contributed by atoms with Crippen molar-refractivity contribution in [3.8, 4) is 0 Å². The molecular weight excluding hydrogens is 613 g/mol. The standard InChI is InChI=1S/C46H78N2O2/c1-3-5-7-9-11-13-15-17-19-21-23-25-27-29-31-43(45(47)49)41-35-33-40-38-42(36-34-39(40)37-41)44(46(48)50)32-30-28-26-24-22-20-18-16-14-12-10-8-6-4-2/h33-38,43-44H,3-32H2,1-2H3,(H2,47,49)(H2,48,50). The first-order valence-electron chi connectivity index (χ1n) is 21.6. The minimum atomic E-state index is -0.255. The smallest absolute Gasteiger partial charge is 0.224 e. The molecule has 0 aliphatic rings. The molecular formula is C46H78N2O2. The van der Waals surface area contributed by atoms with E-state index in [9.17, 15) is 9.59 Å². The first-order valence-corrected chi connectivity index (χ1v) is 21.6. The van der Waals surface area contributed by atoms with Crippen molar-refractivity contribution in [3.63, 3.8) is 0 Å². The van der Waals surface area contributed by atoms with Crippen molar-refractivity contribution in [3.05, 3.63) is 47.5 Å². The Balaban J connectivity index is 1.68. The molecule has 0 saturated carbocycles. The van der Waals surface area contributed by atoms with Crippen LogP contribution in [0.3, 0.4) is 0 Å². The molecule has 0 heterocycles. The van der Waals surface area contributed by atoms with Gasteiger partial charge in [-0.25, -0.2) is 0 Å². The molecule has 4 N–H and O–H groups in total. The molecule has 50 heavy (non-hydrogen) atoms. The molecule has 4 heteroatoms. The van der Waals surface area contributed by atoms with Gasteiger partial charge in [-0.2, -0.15) is 0 Å². The van der Waals surface area contributed by atoms with Gasteiger partial charge in [0.1, 0.15) is 0 Å². The van der Waals surface area contributed by atoms with Gasteiger partial charge in [0.25, 0.3) is 0 Å². The fourth-order valence-electron chi connectivity index (χ4n) is 7.75. The van der Waals surface area contributed by atoms with Crippen LogP contribution in [-0.2, 0) is 9.59 Å². The molecule has 0 aliphatic carbocycles. The molecule has 2 aromatic carbocycles. The zero-order chi connectivity index (χ0) is 36.1. The number of amides is 2. The highest BCUT2D eigenvalue weighted by Gasteiger charge is 2.20. The van der Waals surface area contributed by atoms with Crippen LogP contribution in [0.25, 0.3) is 10.8 Å². The molecule has 2 atom stereocenters. The molecule has 0 aromatic heterocycles. The van der Waals surface area contributed by atoms with E-state index in [0.717, 1.165) is 60.4 Å². The summed E-state index contributed by atoms with van der Waals surface area (Å²) in [4.78, 5) is 24.9. The van der Waals surface area contributed by atoms with Crippen LogP contribution in [0.4, 0.5) is 0 Å². The number of benzene rings is 2. The topological polar surface area (TPSA) is 86.2 Å². The van der Waals surface area contributed by atoms with Crippen molar-refractivity contribution in [2.45, 2.75) is 218 Å². The molecule has 0 saturated heterocycles. The zero-order valence-corrected chi connectivity index (χ0v) is 32.8. The molecule has 0 aliphatic heterocycles. The maximum Gasteiger partial charge on any atom is 0.224 e. The summed E-state index contributed by atoms with van der Waals surface area (Å²) < 4.78 is 0. The highest BCUT2D eigenvalue weighted by atomic mass is 16.1. The van der Waals surface area contributed by atoms with Crippen molar-refractivity contribution in [2.24, 2.45) is 11.5 Å². The van der Waals surface area contributed by atoms with E-state index in [1.54, 1.807) is 0 Å². The summed E-state index contributed by atoms with van der Waals surface area (Å²) in [6, 6.07) is 12.5. The van der Waals surface area contributed by atoms with Gasteiger partial charge in [0, 0.05) is 0 Å². The van der Waals surface area contributed by atoms with Gasteiger partial charge >= 0.3 is 0 Å². The van der Waals surface area contributed by atoms with E-state index in [0.29, 0.717) is 0 Å². The summed E-state index contributed by atoms with van der Waals surface area (Å²) in [7, 11) is 0. The Hall–Kier alpha value is -2.36. The average Bonchev–Trinajstić information content (AvgIpc) is 3.11. The molecule has 0 spiro atoms. The number of hydrogen-bond donors (Lipinski definition) is 2. The Morgan fingerprint density at radius 1 is 0.400 bits per heavy atom. The molecule has 2 unspecified atom stereocenters. The fourth-order valence-corrected chi connectivity index (χ4v) is 7.75. The largest absolute Gasteiger partial charge is 0.369 e. The predicted molar refractivity (Wildman–Crippen MR) is 218 cm³/mol. The summed E-state index contributed by atoms with van der Waals surface area (Å²) in [5, 5.41) is 2.16. The van der Waals surface area contributed by atoms with Crippen LogP contribution in [0, 0.1) is 0 Å². The molecule has 2 rings (SSSR count). The maximum atomic E-state index is 12.5. The van der Waals surface area contributed by atoms with Gasteiger partial charge in [0.2, 0.25) is 11.8 Å². The summed E-state index contributed by atoms with van der Waals surface area (Å²) in [5.74, 6) is -0.986. The molecule has 2 aromatic rings. The number of carbonyl (C=O) groups is 2. The Morgan fingerprint density at radius 3 is 0.880 bits per heavy atom. The first kappa shape index (κ1) is 43.8. The second kappa shape index (κ2) is 29.2. The molecule has 0 radical (unpaired) electrons. The quantitative estimate of drug-likeness (QED) is 0.0716. The van der Waals surface area contributed by atoms with E-state index < -0.39 is 0 Å². The van der Waals surface area contributed by atoms with Crippen molar-refractivity contribution in [1.29, 1.82) is 0 Å². The monoisotopic (exact) mass is 691 g/mol. The Bertz CT molecular complexity index is 1050.